The monoisotopic (exact) mass is 245 g/mol. The zero-order valence-electron chi connectivity index (χ0n) is 10.4. The summed E-state index contributed by atoms with van der Waals surface area (Å²) in [5.74, 6) is -0.397. The van der Waals surface area contributed by atoms with Crippen molar-refractivity contribution in [3.63, 3.8) is 0 Å². The molecule has 0 aliphatic heterocycles. The average molecular weight is 245 g/mol. The molecule has 0 radical (unpaired) electrons. The summed E-state index contributed by atoms with van der Waals surface area (Å²) in [6, 6.07) is 5.07. The third kappa shape index (κ3) is 2.11. The summed E-state index contributed by atoms with van der Waals surface area (Å²) in [7, 11) is 0. The van der Waals surface area contributed by atoms with Gasteiger partial charge < -0.3 is 10.0 Å². The molecule has 1 N–H and O–H groups in total. The molecule has 0 amide bonds. The Morgan fingerprint density at radius 1 is 1.33 bits per heavy atom. The number of nitrogens with zero attached hydrogens (tertiary/aromatic N) is 3. The predicted molar refractivity (Wildman–Crippen MR) is 70.1 cm³/mol. The molecule has 0 unspecified atom stereocenters. The molecular weight excluding hydrogens is 230 g/mol. The van der Waals surface area contributed by atoms with Crippen molar-refractivity contribution in [2.45, 2.75) is 13.8 Å². The van der Waals surface area contributed by atoms with Crippen LogP contribution in [-0.2, 0) is 0 Å². The van der Waals surface area contributed by atoms with Gasteiger partial charge in [0, 0.05) is 24.7 Å². The molecule has 5 heteroatoms. The Morgan fingerprint density at radius 3 is 2.67 bits per heavy atom. The van der Waals surface area contributed by atoms with Crippen molar-refractivity contribution in [3.05, 3.63) is 30.0 Å². The Labute approximate surface area is 105 Å². The van der Waals surface area contributed by atoms with Crippen molar-refractivity contribution in [1.82, 2.24) is 9.97 Å². The van der Waals surface area contributed by atoms with E-state index in [1.165, 1.54) is 0 Å². The topological polar surface area (TPSA) is 66.3 Å². The third-order valence-electron chi connectivity index (χ3n) is 2.87. The van der Waals surface area contributed by atoms with Gasteiger partial charge in [0.15, 0.2) is 0 Å². The molecule has 0 aliphatic rings. The highest BCUT2D eigenvalue weighted by molar-refractivity contribution is 6.01. The molecule has 0 fully saturated rings. The van der Waals surface area contributed by atoms with E-state index in [4.69, 9.17) is 5.11 Å². The van der Waals surface area contributed by atoms with Gasteiger partial charge in [0.1, 0.15) is 0 Å². The van der Waals surface area contributed by atoms with Gasteiger partial charge in [-0.1, -0.05) is 12.1 Å². The molecule has 2 rings (SSSR count). The molecule has 5 nitrogen and oxygen atoms in total. The van der Waals surface area contributed by atoms with Crippen molar-refractivity contribution in [3.8, 4) is 0 Å². The fraction of sp³-hybridized carbons (Fsp3) is 0.308. The van der Waals surface area contributed by atoms with Crippen molar-refractivity contribution in [2.75, 3.05) is 18.0 Å². The van der Waals surface area contributed by atoms with Gasteiger partial charge in [-0.3, -0.25) is 0 Å². The van der Waals surface area contributed by atoms with Crippen LogP contribution in [0.4, 0.5) is 5.95 Å². The number of aromatic nitrogens is 2. The fourth-order valence-corrected chi connectivity index (χ4v) is 1.88. The molecular formula is C13H15N3O2. The molecule has 0 saturated carbocycles. The SMILES string of the molecule is CCN(CC)c1ncc2cccc(C(=O)O)c2n1. The van der Waals surface area contributed by atoms with Crippen LogP contribution in [0.1, 0.15) is 24.2 Å². The van der Waals surface area contributed by atoms with Crippen LogP contribution in [0, 0.1) is 0 Å². The zero-order chi connectivity index (χ0) is 13.1. The molecule has 0 aliphatic carbocycles. The number of fused-ring (bicyclic) bond motifs is 1. The van der Waals surface area contributed by atoms with E-state index < -0.39 is 5.97 Å². The highest BCUT2D eigenvalue weighted by atomic mass is 16.4. The third-order valence-corrected chi connectivity index (χ3v) is 2.87. The largest absolute Gasteiger partial charge is 0.478 e. The highest BCUT2D eigenvalue weighted by Crippen LogP contribution is 2.19. The summed E-state index contributed by atoms with van der Waals surface area (Å²) in [6.45, 7) is 5.61. The molecule has 1 aromatic carbocycles. The van der Waals surface area contributed by atoms with Gasteiger partial charge >= 0.3 is 5.97 Å². The second-order valence-electron chi connectivity index (χ2n) is 3.89. The van der Waals surface area contributed by atoms with Crippen LogP contribution in [0.3, 0.4) is 0 Å². The summed E-state index contributed by atoms with van der Waals surface area (Å²) >= 11 is 0. The maximum atomic E-state index is 11.2. The summed E-state index contributed by atoms with van der Waals surface area (Å²) in [4.78, 5) is 21.8. The Balaban J connectivity index is 2.62. The van der Waals surface area contributed by atoms with Gasteiger partial charge in [-0.25, -0.2) is 14.8 Å². The van der Waals surface area contributed by atoms with Crippen molar-refractivity contribution in [2.24, 2.45) is 0 Å². The number of anilines is 1. The van der Waals surface area contributed by atoms with Crippen molar-refractivity contribution < 1.29 is 9.90 Å². The highest BCUT2D eigenvalue weighted by Gasteiger charge is 2.12. The number of carboxylic acids is 1. The van der Waals surface area contributed by atoms with E-state index in [1.807, 2.05) is 24.8 Å². The predicted octanol–water partition coefficient (Wildman–Crippen LogP) is 2.17. The van der Waals surface area contributed by atoms with Crippen LogP contribution in [-0.4, -0.2) is 34.1 Å². The first-order valence-corrected chi connectivity index (χ1v) is 5.91. The van der Waals surface area contributed by atoms with E-state index in [0.29, 0.717) is 11.5 Å². The Kier molecular flexibility index (Phi) is 3.41. The van der Waals surface area contributed by atoms with Gasteiger partial charge in [0.25, 0.3) is 0 Å². The maximum absolute atomic E-state index is 11.2. The second-order valence-corrected chi connectivity index (χ2v) is 3.89. The maximum Gasteiger partial charge on any atom is 0.337 e. The van der Waals surface area contributed by atoms with Crippen LogP contribution in [0.2, 0.25) is 0 Å². The van der Waals surface area contributed by atoms with Crippen molar-refractivity contribution >= 4 is 22.8 Å². The Bertz CT molecular complexity index is 579. The molecule has 1 heterocycles. The number of rotatable bonds is 4. The second kappa shape index (κ2) is 5.00. The van der Waals surface area contributed by atoms with Gasteiger partial charge in [-0.05, 0) is 19.9 Å². The normalized spacial score (nSPS) is 10.6. The lowest BCUT2D eigenvalue weighted by atomic mass is 10.1. The quantitative estimate of drug-likeness (QED) is 0.894. The van der Waals surface area contributed by atoms with E-state index in [1.54, 1.807) is 18.3 Å². The van der Waals surface area contributed by atoms with Gasteiger partial charge in [-0.2, -0.15) is 0 Å². The number of benzene rings is 1. The minimum absolute atomic E-state index is 0.211. The van der Waals surface area contributed by atoms with Gasteiger partial charge in [0.05, 0.1) is 11.1 Å². The van der Waals surface area contributed by atoms with Crippen LogP contribution >= 0.6 is 0 Å². The smallest absolute Gasteiger partial charge is 0.337 e. The van der Waals surface area contributed by atoms with Crippen LogP contribution < -0.4 is 4.90 Å². The molecule has 0 bridgehead atoms. The summed E-state index contributed by atoms with van der Waals surface area (Å²) in [6.07, 6.45) is 1.67. The lowest BCUT2D eigenvalue weighted by Gasteiger charge is -2.18. The summed E-state index contributed by atoms with van der Waals surface area (Å²) in [5.41, 5.74) is 0.699. The number of para-hydroxylation sites is 1. The van der Waals surface area contributed by atoms with Crippen LogP contribution in [0.25, 0.3) is 10.9 Å². The van der Waals surface area contributed by atoms with Crippen molar-refractivity contribution in [1.29, 1.82) is 0 Å². The summed E-state index contributed by atoms with van der Waals surface area (Å²) in [5, 5.41) is 9.89. The lowest BCUT2D eigenvalue weighted by Crippen LogP contribution is -2.24. The molecule has 1 aromatic heterocycles. The standard InChI is InChI=1S/C13H15N3O2/c1-3-16(4-2)13-14-8-9-6-5-7-10(12(17)18)11(9)15-13/h5-8H,3-4H2,1-2H3,(H,17,18). The Morgan fingerprint density at radius 2 is 2.06 bits per heavy atom. The fourth-order valence-electron chi connectivity index (χ4n) is 1.88. The molecule has 18 heavy (non-hydrogen) atoms. The zero-order valence-corrected chi connectivity index (χ0v) is 10.4. The molecule has 0 saturated heterocycles. The van der Waals surface area contributed by atoms with Crippen LogP contribution in [0.15, 0.2) is 24.4 Å². The minimum Gasteiger partial charge on any atom is -0.478 e. The first-order valence-electron chi connectivity index (χ1n) is 5.91. The van der Waals surface area contributed by atoms with E-state index in [-0.39, 0.29) is 5.56 Å². The number of hydrogen-bond donors (Lipinski definition) is 1. The minimum atomic E-state index is -0.968. The number of hydrogen-bond acceptors (Lipinski definition) is 4. The Hall–Kier alpha value is -2.17. The molecule has 0 spiro atoms. The molecule has 0 atom stereocenters. The molecule has 2 aromatic rings. The van der Waals surface area contributed by atoms with E-state index >= 15 is 0 Å². The lowest BCUT2D eigenvalue weighted by molar-refractivity contribution is 0.0699. The van der Waals surface area contributed by atoms with E-state index in [0.717, 1.165) is 18.5 Å². The average Bonchev–Trinajstić information content (AvgIpc) is 2.39. The van der Waals surface area contributed by atoms with E-state index in [9.17, 15) is 4.79 Å². The first-order chi connectivity index (χ1) is 8.67. The van der Waals surface area contributed by atoms with Gasteiger partial charge in [0.2, 0.25) is 5.95 Å². The number of carbonyl (C=O) groups is 1. The number of carboxylic acid groups (broad SMARTS) is 1. The van der Waals surface area contributed by atoms with E-state index in [2.05, 4.69) is 9.97 Å². The first kappa shape index (κ1) is 12.3. The number of aromatic carboxylic acids is 1. The van der Waals surface area contributed by atoms with Gasteiger partial charge in [-0.15, -0.1) is 0 Å². The van der Waals surface area contributed by atoms with Crippen LogP contribution in [0.5, 0.6) is 0 Å². The molecule has 94 valence electrons. The summed E-state index contributed by atoms with van der Waals surface area (Å²) < 4.78 is 0.